The summed E-state index contributed by atoms with van der Waals surface area (Å²) in [6.07, 6.45) is 3.56. The minimum atomic E-state index is 0.108. The lowest BCUT2D eigenvalue weighted by Crippen LogP contribution is -2.59. The van der Waals surface area contributed by atoms with Crippen molar-refractivity contribution in [3.8, 4) is 0 Å². The summed E-state index contributed by atoms with van der Waals surface area (Å²) in [5.74, 6) is 1.27. The third-order valence-corrected chi connectivity index (χ3v) is 6.10. The largest absolute Gasteiger partial charge is 0.367 e. The van der Waals surface area contributed by atoms with Crippen molar-refractivity contribution < 1.29 is 0 Å². The Morgan fingerprint density at radius 3 is 2.58 bits per heavy atom. The molecule has 0 bridgehead atoms. The van der Waals surface area contributed by atoms with Gasteiger partial charge in [0.2, 0.25) is 0 Å². The lowest BCUT2D eigenvalue weighted by molar-refractivity contribution is 0.367. The summed E-state index contributed by atoms with van der Waals surface area (Å²) in [6.45, 7) is 5.25. The van der Waals surface area contributed by atoms with E-state index in [4.69, 9.17) is 5.73 Å². The van der Waals surface area contributed by atoms with Gasteiger partial charge in [0, 0.05) is 24.5 Å². The Morgan fingerprint density at radius 2 is 2.05 bits per heavy atom. The lowest BCUT2D eigenvalue weighted by Gasteiger charge is -2.49. The zero-order valence-corrected chi connectivity index (χ0v) is 13.2. The molecule has 2 nitrogen and oxygen atoms in total. The second kappa shape index (κ2) is 6.19. The van der Waals surface area contributed by atoms with Crippen LogP contribution in [-0.4, -0.2) is 30.1 Å². The van der Waals surface area contributed by atoms with E-state index < -0.39 is 0 Å². The molecule has 1 aliphatic rings. The molecule has 2 N–H and O–H groups in total. The van der Waals surface area contributed by atoms with Crippen LogP contribution in [0, 0.1) is 0 Å². The number of nitrogens with zero attached hydrogens (tertiary/aromatic N) is 1. The molecular formula is C16H26N2S. The number of nitrogens with two attached hydrogens (primary N) is 1. The normalized spacial score (nSPS) is 27.3. The van der Waals surface area contributed by atoms with E-state index in [0.29, 0.717) is 5.25 Å². The predicted molar refractivity (Wildman–Crippen MR) is 87.2 cm³/mol. The molecule has 2 unspecified atom stereocenters. The zero-order chi connectivity index (χ0) is 13.9. The Bertz CT molecular complexity index is 404. The number of anilines is 1. The summed E-state index contributed by atoms with van der Waals surface area (Å²) in [4.78, 5) is 2.42. The standard InChI is InChI=1S/C16H26N2S/c1-4-14-6-8-15(9-7-14)18(3)16(12-17)10-5-11-19-13(16)2/h6-9,13H,4-5,10-12,17H2,1-3H3. The Kier molecular flexibility index (Phi) is 4.80. The first kappa shape index (κ1) is 14.7. The van der Waals surface area contributed by atoms with Crippen LogP contribution in [0.3, 0.4) is 0 Å². The summed E-state index contributed by atoms with van der Waals surface area (Å²) >= 11 is 2.06. The molecule has 0 radical (unpaired) electrons. The van der Waals surface area contributed by atoms with E-state index in [1.165, 1.54) is 29.8 Å². The zero-order valence-electron chi connectivity index (χ0n) is 12.4. The minimum absolute atomic E-state index is 0.108. The molecule has 0 aromatic heterocycles. The fourth-order valence-corrected chi connectivity index (χ4v) is 4.40. The van der Waals surface area contributed by atoms with Gasteiger partial charge in [-0.15, -0.1) is 0 Å². The van der Waals surface area contributed by atoms with Gasteiger partial charge in [0.15, 0.2) is 0 Å². The highest BCUT2D eigenvalue weighted by Crippen LogP contribution is 2.39. The Labute approximate surface area is 121 Å². The summed E-state index contributed by atoms with van der Waals surface area (Å²) in [5, 5.41) is 0.585. The topological polar surface area (TPSA) is 29.3 Å². The first-order valence-electron chi connectivity index (χ1n) is 7.28. The van der Waals surface area contributed by atoms with Crippen molar-refractivity contribution in [3.63, 3.8) is 0 Å². The second-order valence-electron chi connectivity index (χ2n) is 5.50. The molecule has 0 amide bonds. The second-order valence-corrected chi connectivity index (χ2v) is 6.95. The maximum atomic E-state index is 6.17. The van der Waals surface area contributed by atoms with Crippen molar-refractivity contribution in [2.24, 2.45) is 5.73 Å². The first-order chi connectivity index (χ1) is 9.14. The number of hydrogen-bond acceptors (Lipinski definition) is 3. The molecule has 1 aromatic carbocycles. The van der Waals surface area contributed by atoms with E-state index >= 15 is 0 Å². The maximum absolute atomic E-state index is 6.17. The molecule has 0 aliphatic carbocycles. The molecule has 3 heteroatoms. The number of thioether (sulfide) groups is 1. The molecule has 1 saturated heterocycles. The van der Waals surface area contributed by atoms with Crippen molar-refractivity contribution in [1.29, 1.82) is 0 Å². The summed E-state index contributed by atoms with van der Waals surface area (Å²) in [5.41, 5.74) is 8.96. The maximum Gasteiger partial charge on any atom is 0.0636 e. The van der Waals surface area contributed by atoms with E-state index in [1.807, 2.05) is 0 Å². The van der Waals surface area contributed by atoms with Crippen LogP contribution in [0.1, 0.15) is 32.3 Å². The fraction of sp³-hybridized carbons (Fsp3) is 0.625. The Balaban J connectivity index is 2.26. The van der Waals surface area contributed by atoms with Crippen LogP contribution in [0.5, 0.6) is 0 Å². The van der Waals surface area contributed by atoms with Gasteiger partial charge in [-0.1, -0.05) is 26.0 Å². The van der Waals surface area contributed by atoms with Gasteiger partial charge < -0.3 is 10.6 Å². The highest BCUT2D eigenvalue weighted by atomic mass is 32.2. The van der Waals surface area contributed by atoms with E-state index in [1.54, 1.807) is 0 Å². The van der Waals surface area contributed by atoms with Crippen LogP contribution in [0.25, 0.3) is 0 Å². The van der Waals surface area contributed by atoms with Gasteiger partial charge in [-0.2, -0.15) is 11.8 Å². The van der Waals surface area contributed by atoms with E-state index in [-0.39, 0.29) is 5.54 Å². The van der Waals surface area contributed by atoms with Crippen molar-refractivity contribution in [2.75, 3.05) is 24.2 Å². The van der Waals surface area contributed by atoms with Crippen LogP contribution in [0.15, 0.2) is 24.3 Å². The monoisotopic (exact) mass is 278 g/mol. The number of hydrogen-bond donors (Lipinski definition) is 1. The third-order valence-electron chi connectivity index (χ3n) is 4.63. The van der Waals surface area contributed by atoms with Crippen LogP contribution < -0.4 is 10.6 Å². The highest BCUT2D eigenvalue weighted by molar-refractivity contribution is 8.00. The third kappa shape index (κ3) is 2.77. The van der Waals surface area contributed by atoms with Gasteiger partial charge in [0.1, 0.15) is 0 Å². The van der Waals surface area contributed by atoms with E-state index in [0.717, 1.165) is 13.0 Å². The molecule has 1 aliphatic heterocycles. The van der Waals surface area contributed by atoms with Gasteiger partial charge in [-0.05, 0) is 42.7 Å². The van der Waals surface area contributed by atoms with Gasteiger partial charge in [-0.3, -0.25) is 0 Å². The van der Waals surface area contributed by atoms with Gasteiger partial charge in [0.05, 0.1) is 5.54 Å². The number of aryl methyl sites for hydroxylation is 1. The van der Waals surface area contributed by atoms with Crippen molar-refractivity contribution in [1.82, 2.24) is 0 Å². The molecule has 1 fully saturated rings. The predicted octanol–water partition coefficient (Wildman–Crippen LogP) is 3.30. The SMILES string of the molecule is CCc1ccc(N(C)C2(CN)CCCSC2C)cc1. The Morgan fingerprint density at radius 1 is 1.37 bits per heavy atom. The molecule has 2 atom stereocenters. The van der Waals surface area contributed by atoms with Crippen molar-refractivity contribution >= 4 is 17.4 Å². The minimum Gasteiger partial charge on any atom is -0.367 e. The van der Waals surface area contributed by atoms with Crippen LogP contribution in [-0.2, 0) is 6.42 Å². The average Bonchev–Trinajstić information content (AvgIpc) is 2.47. The molecular weight excluding hydrogens is 252 g/mol. The average molecular weight is 278 g/mol. The van der Waals surface area contributed by atoms with Crippen molar-refractivity contribution in [2.45, 2.75) is 43.9 Å². The van der Waals surface area contributed by atoms with Gasteiger partial charge in [0.25, 0.3) is 0 Å². The molecule has 106 valence electrons. The molecule has 0 spiro atoms. The first-order valence-corrected chi connectivity index (χ1v) is 8.33. The van der Waals surface area contributed by atoms with Gasteiger partial charge in [-0.25, -0.2) is 0 Å². The number of rotatable bonds is 4. The van der Waals surface area contributed by atoms with Crippen LogP contribution in [0.2, 0.25) is 0 Å². The smallest absolute Gasteiger partial charge is 0.0636 e. The fourth-order valence-electron chi connectivity index (χ4n) is 3.05. The van der Waals surface area contributed by atoms with Crippen molar-refractivity contribution in [3.05, 3.63) is 29.8 Å². The number of likely N-dealkylation sites (N-methyl/N-ethyl adjacent to an activating group) is 1. The molecule has 1 heterocycles. The van der Waals surface area contributed by atoms with E-state index in [2.05, 4.69) is 61.8 Å². The van der Waals surface area contributed by atoms with Crippen LogP contribution in [0.4, 0.5) is 5.69 Å². The summed E-state index contributed by atoms with van der Waals surface area (Å²) in [6, 6.07) is 8.94. The van der Waals surface area contributed by atoms with Gasteiger partial charge >= 0.3 is 0 Å². The van der Waals surface area contributed by atoms with E-state index in [9.17, 15) is 0 Å². The highest BCUT2D eigenvalue weighted by Gasteiger charge is 2.41. The number of benzene rings is 1. The quantitative estimate of drug-likeness (QED) is 0.916. The van der Waals surface area contributed by atoms with Crippen LogP contribution >= 0.6 is 11.8 Å². The molecule has 2 rings (SSSR count). The summed E-state index contributed by atoms with van der Waals surface area (Å²) < 4.78 is 0. The Hall–Kier alpha value is -0.670. The molecule has 1 aromatic rings. The summed E-state index contributed by atoms with van der Waals surface area (Å²) in [7, 11) is 2.20. The lowest BCUT2D eigenvalue weighted by atomic mass is 9.87. The molecule has 19 heavy (non-hydrogen) atoms. The molecule has 0 saturated carbocycles.